The van der Waals surface area contributed by atoms with Crippen molar-refractivity contribution < 1.29 is 4.21 Å². The second kappa shape index (κ2) is 6.81. The summed E-state index contributed by atoms with van der Waals surface area (Å²) < 4.78 is 14.7. The molecule has 0 aromatic carbocycles. The van der Waals surface area contributed by atoms with Crippen molar-refractivity contribution in [3.05, 3.63) is 24.0 Å². The van der Waals surface area contributed by atoms with Crippen LogP contribution in [0.4, 0.5) is 0 Å². The van der Waals surface area contributed by atoms with Crippen molar-refractivity contribution in [2.24, 2.45) is 0 Å². The van der Waals surface area contributed by atoms with Crippen LogP contribution in [0.25, 0.3) is 0 Å². The summed E-state index contributed by atoms with van der Waals surface area (Å²) in [4.78, 5) is 4.01. The van der Waals surface area contributed by atoms with E-state index >= 15 is 0 Å². The zero-order valence-corrected chi connectivity index (χ0v) is 10.6. The molecule has 0 saturated carbocycles. The Hall–Kier alpha value is -0.675. The predicted octanol–water partition coefficient (Wildman–Crippen LogP) is 0.990. The van der Waals surface area contributed by atoms with Crippen molar-refractivity contribution >= 4 is 24.3 Å². The molecule has 2 radical (unpaired) electrons. The van der Waals surface area contributed by atoms with Gasteiger partial charge in [-0.05, 0) is 18.9 Å². The summed E-state index contributed by atoms with van der Waals surface area (Å²) >= 11 is 0. The van der Waals surface area contributed by atoms with Crippen molar-refractivity contribution in [3.8, 4) is 0 Å². The molecule has 1 aromatic heterocycles. The molecule has 0 bridgehead atoms. The van der Waals surface area contributed by atoms with Gasteiger partial charge >= 0.3 is 0 Å². The number of rotatable bonds is 6. The smallest absolute Gasteiger partial charge is 0.115 e. The summed E-state index contributed by atoms with van der Waals surface area (Å²) in [6.07, 6.45) is 5.37. The van der Waals surface area contributed by atoms with Gasteiger partial charge in [-0.25, -0.2) is 8.93 Å². The van der Waals surface area contributed by atoms with E-state index in [1.807, 2.05) is 13.0 Å². The first-order chi connectivity index (χ1) is 7.63. The molecule has 16 heavy (non-hydrogen) atoms. The van der Waals surface area contributed by atoms with Gasteiger partial charge in [0.15, 0.2) is 0 Å². The van der Waals surface area contributed by atoms with Gasteiger partial charge in [0, 0.05) is 24.2 Å². The van der Waals surface area contributed by atoms with Crippen molar-refractivity contribution in [2.75, 3.05) is 5.75 Å². The van der Waals surface area contributed by atoms with Crippen molar-refractivity contribution in [3.63, 3.8) is 0 Å². The third-order valence-corrected chi connectivity index (χ3v) is 3.55. The second-order valence-electron chi connectivity index (χ2n) is 3.79. The van der Waals surface area contributed by atoms with E-state index in [0.29, 0.717) is 11.2 Å². The Morgan fingerprint density at radius 3 is 2.94 bits per heavy atom. The number of unbranched alkanes of at least 4 members (excludes halogenated alkanes) is 1. The first-order valence-corrected chi connectivity index (χ1v) is 6.80. The molecule has 1 aromatic rings. The van der Waals surface area contributed by atoms with E-state index in [0.717, 1.165) is 18.4 Å². The lowest BCUT2D eigenvalue weighted by Gasteiger charge is -2.13. The molecule has 3 nitrogen and oxygen atoms in total. The summed E-state index contributed by atoms with van der Waals surface area (Å²) in [7, 11) is 4.67. The minimum absolute atomic E-state index is 0.00805. The van der Waals surface area contributed by atoms with E-state index in [2.05, 4.69) is 16.6 Å². The van der Waals surface area contributed by atoms with E-state index in [1.54, 1.807) is 12.4 Å². The Morgan fingerprint density at radius 1 is 1.56 bits per heavy atom. The fourth-order valence-corrected chi connectivity index (χ4v) is 2.51. The molecule has 5 heteroatoms. The van der Waals surface area contributed by atoms with Gasteiger partial charge in [0.2, 0.25) is 0 Å². The lowest BCUT2D eigenvalue weighted by molar-refractivity contribution is 0.647. The number of aromatic nitrogens is 1. The summed E-state index contributed by atoms with van der Waals surface area (Å²) in [6, 6.07) is 1.86. The molecule has 0 spiro atoms. The van der Waals surface area contributed by atoms with Crippen LogP contribution < -0.4 is 10.2 Å². The fraction of sp³-hybridized carbons (Fsp3) is 0.545. The summed E-state index contributed by atoms with van der Waals surface area (Å²) in [5, 5.41) is 0. The molecule has 1 N–H and O–H groups in total. The van der Waals surface area contributed by atoms with E-state index in [-0.39, 0.29) is 6.04 Å². The number of hydrogen-bond donors (Lipinski definition) is 1. The first-order valence-electron chi connectivity index (χ1n) is 5.48. The zero-order chi connectivity index (χ0) is 12.0. The molecule has 0 aliphatic rings. The fourth-order valence-electron chi connectivity index (χ4n) is 1.31. The van der Waals surface area contributed by atoms with Gasteiger partial charge < -0.3 is 0 Å². The van der Waals surface area contributed by atoms with Gasteiger partial charge in [0.05, 0.1) is 11.0 Å². The van der Waals surface area contributed by atoms with Crippen LogP contribution in [0, 0.1) is 0 Å². The molecular weight excluding hydrogens is 219 g/mol. The molecule has 0 saturated heterocycles. The monoisotopic (exact) mass is 236 g/mol. The maximum Gasteiger partial charge on any atom is 0.115 e. The molecule has 0 aliphatic heterocycles. The Bertz CT molecular complexity index is 360. The Morgan fingerprint density at radius 2 is 2.31 bits per heavy atom. The number of nitrogens with zero attached hydrogens (tertiary/aromatic N) is 1. The Balaban J connectivity index is 2.52. The van der Waals surface area contributed by atoms with Gasteiger partial charge in [0.1, 0.15) is 7.85 Å². The molecule has 1 heterocycles. The van der Waals surface area contributed by atoms with Gasteiger partial charge in [-0.3, -0.25) is 4.98 Å². The van der Waals surface area contributed by atoms with Crippen molar-refractivity contribution in [2.45, 2.75) is 32.7 Å². The van der Waals surface area contributed by atoms with E-state index in [4.69, 9.17) is 7.85 Å². The van der Waals surface area contributed by atoms with Gasteiger partial charge in [-0.2, -0.15) is 0 Å². The normalized spacial score (nSPS) is 14.6. The van der Waals surface area contributed by atoms with Crippen LogP contribution in [0.15, 0.2) is 18.5 Å². The molecule has 0 aliphatic carbocycles. The first kappa shape index (κ1) is 13.4. The summed E-state index contributed by atoms with van der Waals surface area (Å²) in [6.45, 7) is 4.04. The van der Waals surface area contributed by atoms with Gasteiger partial charge in [-0.1, -0.05) is 24.9 Å². The SMILES string of the molecule is [B]c1cncc(C(C)NS(=O)CCCC)c1. The minimum atomic E-state index is -0.976. The second-order valence-corrected chi connectivity index (χ2v) is 5.13. The molecule has 0 amide bonds. The highest BCUT2D eigenvalue weighted by Crippen LogP contribution is 2.09. The molecule has 2 unspecified atom stereocenters. The average Bonchev–Trinajstić information content (AvgIpc) is 2.26. The van der Waals surface area contributed by atoms with E-state index in [1.165, 1.54) is 0 Å². The third-order valence-electron chi connectivity index (χ3n) is 2.27. The summed E-state index contributed by atoms with van der Waals surface area (Å²) in [5.74, 6) is 0.691. The molecule has 86 valence electrons. The number of hydrogen-bond acceptors (Lipinski definition) is 2. The number of pyridine rings is 1. The average molecular weight is 236 g/mol. The lowest BCUT2D eigenvalue weighted by atomic mass is 9.96. The highest BCUT2D eigenvalue weighted by Gasteiger charge is 2.08. The Labute approximate surface area is 101 Å². The highest BCUT2D eigenvalue weighted by atomic mass is 32.2. The third kappa shape index (κ3) is 4.45. The maximum atomic E-state index is 11.6. The molecular formula is C11H17BN2OS. The maximum absolute atomic E-state index is 11.6. The van der Waals surface area contributed by atoms with Crippen LogP contribution in [0.2, 0.25) is 0 Å². The topological polar surface area (TPSA) is 42.0 Å². The van der Waals surface area contributed by atoms with E-state index < -0.39 is 11.0 Å². The quantitative estimate of drug-likeness (QED) is 0.748. The Kier molecular flexibility index (Phi) is 5.70. The van der Waals surface area contributed by atoms with Crippen molar-refractivity contribution in [1.29, 1.82) is 0 Å². The van der Waals surface area contributed by atoms with Crippen LogP contribution in [0.1, 0.15) is 38.3 Å². The highest BCUT2D eigenvalue weighted by molar-refractivity contribution is 7.83. The summed E-state index contributed by atoms with van der Waals surface area (Å²) in [5.41, 5.74) is 1.59. The van der Waals surface area contributed by atoms with Crippen LogP contribution in [0.3, 0.4) is 0 Å². The zero-order valence-electron chi connectivity index (χ0n) is 9.77. The van der Waals surface area contributed by atoms with Crippen LogP contribution >= 0.6 is 0 Å². The molecule has 2 atom stereocenters. The van der Waals surface area contributed by atoms with Gasteiger partial charge in [-0.15, -0.1) is 0 Å². The largest absolute Gasteiger partial charge is 0.265 e. The predicted molar refractivity (Wildman–Crippen MR) is 69.1 cm³/mol. The lowest BCUT2D eigenvalue weighted by Crippen LogP contribution is -2.24. The van der Waals surface area contributed by atoms with Crippen molar-refractivity contribution in [1.82, 2.24) is 9.71 Å². The minimum Gasteiger partial charge on any atom is -0.265 e. The van der Waals surface area contributed by atoms with Crippen LogP contribution in [-0.2, 0) is 11.0 Å². The number of nitrogens with one attached hydrogen (secondary N) is 1. The standard InChI is InChI=1S/C11H17BN2OS/c1-3-4-5-16(15)14-9(2)10-6-11(12)8-13-7-10/h6-9,14H,3-5H2,1-2H3. The van der Waals surface area contributed by atoms with E-state index in [9.17, 15) is 4.21 Å². The molecule has 0 fully saturated rings. The van der Waals surface area contributed by atoms with Crippen LogP contribution in [0.5, 0.6) is 0 Å². The van der Waals surface area contributed by atoms with Crippen LogP contribution in [-0.4, -0.2) is 22.8 Å². The molecule has 1 rings (SSSR count). The van der Waals surface area contributed by atoms with Gasteiger partial charge in [0.25, 0.3) is 0 Å².